The third-order valence-corrected chi connectivity index (χ3v) is 5.38. The van der Waals surface area contributed by atoms with Gasteiger partial charge in [-0.25, -0.2) is 0 Å². The first-order valence-corrected chi connectivity index (χ1v) is 7.49. The Morgan fingerprint density at radius 2 is 1.63 bits per heavy atom. The van der Waals surface area contributed by atoms with E-state index in [0.717, 1.165) is 37.0 Å². The standard InChI is InChI=1S/C15H23NO3/c1-9(2-13(17)18)16-14(19)15-6-10-3-11(7-15)5-12(4-10)8-15/h9-12H,2-8H2,1H3,(H,16,19)(H,17,18). The van der Waals surface area contributed by atoms with Crippen molar-refractivity contribution in [2.24, 2.45) is 23.2 Å². The number of carboxylic acid groups (broad SMARTS) is 1. The molecule has 0 radical (unpaired) electrons. The fraction of sp³-hybridized carbons (Fsp3) is 0.867. The van der Waals surface area contributed by atoms with Crippen LogP contribution in [0.25, 0.3) is 0 Å². The minimum atomic E-state index is -0.849. The smallest absolute Gasteiger partial charge is 0.305 e. The summed E-state index contributed by atoms with van der Waals surface area (Å²) in [5.74, 6) is 1.50. The van der Waals surface area contributed by atoms with Crippen LogP contribution in [0, 0.1) is 23.2 Å². The summed E-state index contributed by atoms with van der Waals surface area (Å²) in [6.07, 6.45) is 7.06. The molecule has 0 aromatic heterocycles. The number of carboxylic acids is 1. The van der Waals surface area contributed by atoms with Gasteiger partial charge in [0.25, 0.3) is 0 Å². The van der Waals surface area contributed by atoms with Crippen LogP contribution in [0.1, 0.15) is 51.9 Å². The lowest BCUT2D eigenvalue weighted by Gasteiger charge is -2.55. The molecule has 1 amide bonds. The number of hydrogen-bond acceptors (Lipinski definition) is 2. The summed E-state index contributed by atoms with van der Waals surface area (Å²) < 4.78 is 0. The summed E-state index contributed by atoms with van der Waals surface area (Å²) in [7, 11) is 0. The Labute approximate surface area is 113 Å². The highest BCUT2D eigenvalue weighted by Gasteiger charge is 2.54. The fourth-order valence-electron chi connectivity index (χ4n) is 5.08. The fourth-order valence-corrected chi connectivity index (χ4v) is 5.08. The molecule has 2 N–H and O–H groups in total. The molecule has 4 fully saturated rings. The van der Waals surface area contributed by atoms with Crippen LogP contribution >= 0.6 is 0 Å². The second kappa shape index (κ2) is 4.50. The van der Waals surface area contributed by atoms with Crippen LogP contribution in [-0.4, -0.2) is 23.0 Å². The van der Waals surface area contributed by atoms with Crippen molar-refractivity contribution in [3.05, 3.63) is 0 Å². The lowest BCUT2D eigenvalue weighted by atomic mass is 9.49. The molecule has 4 heteroatoms. The maximum atomic E-state index is 12.6. The van der Waals surface area contributed by atoms with Gasteiger partial charge in [0.05, 0.1) is 6.42 Å². The Kier molecular flexibility index (Phi) is 3.06. The normalized spacial score (nSPS) is 41.0. The molecule has 106 valence electrons. The molecule has 0 spiro atoms. The van der Waals surface area contributed by atoms with Crippen molar-refractivity contribution < 1.29 is 14.7 Å². The van der Waals surface area contributed by atoms with Gasteiger partial charge in [0, 0.05) is 11.5 Å². The zero-order chi connectivity index (χ0) is 13.6. The molecular formula is C15H23NO3. The lowest BCUT2D eigenvalue weighted by Crippen LogP contribution is -2.55. The van der Waals surface area contributed by atoms with Gasteiger partial charge in [0.2, 0.25) is 5.91 Å². The van der Waals surface area contributed by atoms with Gasteiger partial charge in [-0.3, -0.25) is 9.59 Å². The lowest BCUT2D eigenvalue weighted by molar-refractivity contribution is -0.147. The van der Waals surface area contributed by atoms with Crippen molar-refractivity contribution in [3.63, 3.8) is 0 Å². The number of amides is 1. The van der Waals surface area contributed by atoms with Crippen LogP contribution < -0.4 is 5.32 Å². The van der Waals surface area contributed by atoms with Gasteiger partial charge in [-0.05, 0) is 63.2 Å². The first kappa shape index (κ1) is 12.9. The van der Waals surface area contributed by atoms with Crippen molar-refractivity contribution in [2.75, 3.05) is 0 Å². The Morgan fingerprint density at radius 1 is 1.16 bits per heavy atom. The summed E-state index contributed by atoms with van der Waals surface area (Å²) in [4.78, 5) is 23.3. The van der Waals surface area contributed by atoms with Gasteiger partial charge in [0.1, 0.15) is 0 Å². The molecule has 4 aliphatic carbocycles. The molecule has 4 rings (SSSR count). The minimum Gasteiger partial charge on any atom is -0.481 e. The highest BCUT2D eigenvalue weighted by molar-refractivity contribution is 5.84. The monoisotopic (exact) mass is 265 g/mol. The van der Waals surface area contributed by atoms with Crippen LogP contribution in [0.15, 0.2) is 0 Å². The second-order valence-electron chi connectivity index (χ2n) is 7.17. The van der Waals surface area contributed by atoms with Gasteiger partial charge in [-0.1, -0.05) is 0 Å². The van der Waals surface area contributed by atoms with Gasteiger partial charge >= 0.3 is 5.97 Å². The Balaban J connectivity index is 1.67. The minimum absolute atomic E-state index is 0.0120. The third kappa shape index (κ3) is 2.37. The topological polar surface area (TPSA) is 66.4 Å². The molecular weight excluding hydrogens is 242 g/mol. The predicted molar refractivity (Wildman–Crippen MR) is 70.5 cm³/mol. The summed E-state index contributed by atoms with van der Waals surface area (Å²) in [5.41, 5.74) is -0.165. The van der Waals surface area contributed by atoms with Gasteiger partial charge in [-0.2, -0.15) is 0 Å². The number of nitrogens with one attached hydrogen (secondary N) is 1. The highest BCUT2D eigenvalue weighted by atomic mass is 16.4. The van der Waals surface area contributed by atoms with E-state index in [1.165, 1.54) is 19.3 Å². The van der Waals surface area contributed by atoms with E-state index in [0.29, 0.717) is 0 Å². The Morgan fingerprint density at radius 3 is 2.05 bits per heavy atom. The van der Waals surface area contributed by atoms with E-state index in [-0.39, 0.29) is 23.8 Å². The summed E-state index contributed by atoms with van der Waals surface area (Å²) in [5, 5.41) is 11.7. The van der Waals surface area contributed by atoms with Crippen LogP contribution in [0.5, 0.6) is 0 Å². The Hall–Kier alpha value is -1.06. The van der Waals surface area contributed by atoms with Gasteiger partial charge in [0.15, 0.2) is 0 Å². The van der Waals surface area contributed by atoms with Crippen LogP contribution in [0.4, 0.5) is 0 Å². The highest BCUT2D eigenvalue weighted by Crippen LogP contribution is 2.60. The predicted octanol–water partition coefficient (Wildman–Crippen LogP) is 2.18. The Bertz CT molecular complexity index is 369. The van der Waals surface area contributed by atoms with E-state index < -0.39 is 5.97 Å². The van der Waals surface area contributed by atoms with Gasteiger partial charge < -0.3 is 10.4 Å². The summed E-state index contributed by atoms with van der Waals surface area (Å²) >= 11 is 0. The molecule has 4 aliphatic rings. The van der Waals surface area contributed by atoms with Crippen molar-refractivity contribution in [1.82, 2.24) is 5.32 Å². The molecule has 1 unspecified atom stereocenters. The SMILES string of the molecule is CC(CC(=O)O)NC(=O)C12CC3CC(CC(C3)C1)C2. The van der Waals surface area contributed by atoms with E-state index in [1.54, 1.807) is 6.92 Å². The molecule has 4 bridgehead atoms. The number of hydrogen-bond donors (Lipinski definition) is 2. The number of carbonyl (C=O) groups is 2. The van der Waals surface area contributed by atoms with Crippen LogP contribution in [-0.2, 0) is 9.59 Å². The van der Waals surface area contributed by atoms with E-state index in [1.807, 2.05) is 0 Å². The number of carbonyl (C=O) groups excluding carboxylic acids is 1. The molecule has 4 saturated carbocycles. The maximum Gasteiger partial charge on any atom is 0.305 e. The van der Waals surface area contributed by atoms with E-state index in [4.69, 9.17) is 5.11 Å². The van der Waals surface area contributed by atoms with Crippen LogP contribution in [0.2, 0.25) is 0 Å². The van der Waals surface area contributed by atoms with Gasteiger partial charge in [-0.15, -0.1) is 0 Å². The maximum absolute atomic E-state index is 12.6. The first-order chi connectivity index (χ1) is 8.97. The molecule has 0 saturated heterocycles. The van der Waals surface area contributed by atoms with Crippen molar-refractivity contribution in [3.8, 4) is 0 Å². The molecule has 19 heavy (non-hydrogen) atoms. The zero-order valence-corrected chi connectivity index (χ0v) is 11.5. The number of aliphatic carboxylic acids is 1. The molecule has 0 aliphatic heterocycles. The summed E-state index contributed by atoms with van der Waals surface area (Å²) in [6, 6.07) is -0.266. The van der Waals surface area contributed by atoms with E-state index >= 15 is 0 Å². The van der Waals surface area contributed by atoms with E-state index in [2.05, 4.69) is 5.32 Å². The van der Waals surface area contributed by atoms with Crippen molar-refractivity contribution in [1.29, 1.82) is 0 Å². The average molecular weight is 265 g/mol. The molecule has 1 atom stereocenters. The van der Waals surface area contributed by atoms with Crippen molar-refractivity contribution in [2.45, 2.75) is 57.9 Å². The largest absolute Gasteiger partial charge is 0.481 e. The quantitative estimate of drug-likeness (QED) is 0.818. The van der Waals surface area contributed by atoms with Crippen LogP contribution in [0.3, 0.4) is 0 Å². The van der Waals surface area contributed by atoms with E-state index in [9.17, 15) is 9.59 Å². The number of rotatable bonds is 4. The second-order valence-corrected chi connectivity index (χ2v) is 7.17. The molecule has 4 nitrogen and oxygen atoms in total. The third-order valence-electron chi connectivity index (χ3n) is 5.38. The average Bonchev–Trinajstić information content (AvgIpc) is 2.25. The molecule has 0 aromatic rings. The molecule has 0 heterocycles. The first-order valence-electron chi connectivity index (χ1n) is 7.49. The zero-order valence-electron chi connectivity index (χ0n) is 11.5. The van der Waals surface area contributed by atoms with Crippen molar-refractivity contribution >= 4 is 11.9 Å². The summed E-state index contributed by atoms with van der Waals surface area (Å²) in [6.45, 7) is 1.78. The molecule has 0 aromatic carbocycles.